The van der Waals surface area contributed by atoms with Crippen LogP contribution in [0.2, 0.25) is 0 Å². The van der Waals surface area contributed by atoms with E-state index >= 15 is 0 Å². The summed E-state index contributed by atoms with van der Waals surface area (Å²) in [5.74, 6) is 2.12. The van der Waals surface area contributed by atoms with Crippen LogP contribution in [0.3, 0.4) is 0 Å². The van der Waals surface area contributed by atoms with E-state index in [2.05, 4.69) is 19.2 Å². The van der Waals surface area contributed by atoms with Gasteiger partial charge in [0.1, 0.15) is 11.5 Å². The fraction of sp³-hybridized carbons (Fsp3) is 0.667. The van der Waals surface area contributed by atoms with Crippen molar-refractivity contribution in [2.24, 2.45) is 5.92 Å². The Morgan fingerprint density at radius 3 is 2.84 bits per heavy atom. The van der Waals surface area contributed by atoms with Crippen LogP contribution in [0.5, 0.6) is 0 Å². The van der Waals surface area contributed by atoms with Crippen LogP contribution in [0.25, 0.3) is 0 Å². The summed E-state index contributed by atoms with van der Waals surface area (Å²) in [6.45, 7) is 8.45. The topological polar surface area (TPSA) is 45.5 Å². The first-order chi connectivity index (χ1) is 9.08. The second-order valence-corrected chi connectivity index (χ2v) is 5.62. The zero-order valence-corrected chi connectivity index (χ0v) is 12.1. The van der Waals surface area contributed by atoms with Gasteiger partial charge in [-0.2, -0.15) is 0 Å². The van der Waals surface area contributed by atoms with Crippen molar-refractivity contribution in [3.63, 3.8) is 0 Å². The molecule has 0 bridgehead atoms. The number of hydrogen-bond acceptors (Lipinski definition) is 3. The van der Waals surface area contributed by atoms with E-state index in [1.165, 1.54) is 0 Å². The maximum absolute atomic E-state index is 12.6. The second kappa shape index (κ2) is 6.24. The predicted octanol–water partition coefficient (Wildman–Crippen LogP) is 2.32. The van der Waals surface area contributed by atoms with Gasteiger partial charge in [-0.1, -0.05) is 0 Å². The number of nitrogens with zero attached hydrogens (tertiary/aromatic N) is 1. The highest BCUT2D eigenvalue weighted by Crippen LogP contribution is 2.18. The normalized spacial score (nSPS) is 19.7. The summed E-state index contributed by atoms with van der Waals surface area (Å²) in [6, 6.07) is 4.09. The van der Waals surface area contributed by atoms with Crippen LogP contribution in [-0.4, -0.2) is 29.9 Å². The molecule has 1 saturated heterocycles. The van der Waals surface area contributed by atoms with Crippen LogP contribution in [0, 0.1) is 12.8 Å². The molecule has 4 heteroatoms. The van der Waals surface area contributed by atoms with Crippen LogP contribution < -0.4 is 5.32 Å². The largest absolute Gasteiger partial charge is 0.464 e. The molecule has 106 valence electrons. The first kappa shape index (κ1) is 14.1. The van der Waals surface area contributed by atoms with Gasteiger partial charge in [-0.25, -0.2) is 0 Å². The van der Waals surface area contributed by atoms with Gasteiger partial charge >= 0.3 is 0 Å². The number of piperidine rings is 1. The van der Waals surface area contributed by atoms with Gasteiger partial charge in [0.05, 0.1) is 12.5 Å². The van der Waals surface area contributed by atoms with Crippen molar-refractivity contribution in [1.29, 1.82) is 0 Å². The Bertz CT molecular complexity index is 420. The van der Waals surface area contributed by atoms with E-state index in [1.807, 2.05) is 24.0 Å². The van der Waals surface area contributed by atoms with Crippen molar-refractivity contribution >= 4 is 5.91 Å². The molecule has 0 spiro atoms. The van der Waals surface area contributed by atoms with E-state index in [1.54, 1.807) is 0 Å². The SMILES string of the molecule is Cc1ccc(CN(C(=O)[C@@H]2CCCNC2)C(C)C)o1. The number of carbonyl (C=O) groups excluding carboxylic acids is 1. The Morgan fingerprint density at radius 2 is 2.32 bits per heavy atom. The minimum absolute atomic E-state index is 0.118. The molecule has 1 aromatic heterocycles. The van der Waals surface area contributed by atoms with Crippen molar-refractivity contribution in [2.45, 2.75) is 46.2 Å². The molecule has 1 amide bonds. The number of rotatable bonds is 4. The molecule has 0 radical (unpaired) electrons. The van der Waals surface area contributed by atoms with Gasteiger partial charge in [-0.15, -0.1) is 0 Å². The molecule has 1 aliphatic rings. The van der Waals surface area contributed by atoms with Crippen LogP contribution in [0.1, 0.15) is 38.2 Å². The fourth-order valence-corrected chi connectivity index (χ4v) is 2.55. The maximum Gasteiger partial charge on any atom is 0.227 e. The molecule has 1 atom stereocenters. The lowest BCUT2D eigenvalue weighted by Gasteiger charge is -2.32. The van der Waals surface area contributed by atoms with Gasteiger partial charge in [-0.05, 0) is 52.3 Å². The summed E-state index contributed by atoms with van der Waals surface area (Å²) in [4.78, 5) is 14.5. The Morgan fingerprint density at radius 1 is 1.53 bits per heavy atom. The van der Waals surface area contributed by atoms with E-state index in [4.69, 9.17) is 4.42 Å². The first-order valence-electron chi connectivity index (χ1n) is 7.14. The molecule has 19 heavy (non-hydrogen) atoms. The standard InChI is InChI=1S/C15H24N2O2/c1-11(2)17(10-14-7-6-12(3)19-14)15(18)13-5-4-8-16-9-13/h6-7,11,13,16H,4-5,8-10H2,1-3H3/t13-/m1/s1. The number of nitrogens with one attached hydrogen (secondary N) is 1. The van der Waals surface area contributed by atoms with Crippen molar-refractivity contribution < 1.29 is 9.21 Å². The lowest BCUT2D eigenvalue weighted by atomic mass is 9.97. The van der Waals surface area contributed by atoms with E-state index in [0.717, 1.165) is 37.5 Å². The van der Waals surface area contributed by atoms with Gasteiger partial charge in [0.25, 0.3) is 0 Å². The van der Waals surface area contributed by atoms with Gasteiger partial charge in [0.2, 0.25) is 5.91 Å². The van der Waals surface area contributed by atoms with Gasteiger partial charge in [0, 0.05) is 12.6 Å². The van der Waals surface area contributed by atoms with E-state index in [0.29, 0.717) is 6.54 Å². The Hall–Kier alpha value is -1.29. The van der Waals surface area contributed by atoms with Gasteiger partial charge in [0.15, 0.2) is 0 Å². The second-order valence-electron chi connectivity index (χ2n) is 5.62. The van der Waals surface area contributed by atoms with E-state index in [-0.39, 0.29) is 17.9 Å². The number of carbonyl (C=O) groups is 1. The molecule has 1 fully saturated rings. The lowest BCUT2D eigenvalue weighted by molar-refractivity contribution is -0.138. The Labute approximate surface area is 115 Å². The summed E-state index contributed by atoms with van der Waals surface area (Å²) >= 11 is 0. The molecule has 0 unspecified atom stereocenters. The molecule has 4 nitrogen and oxygen atoms in total. The predicted molar refractivity (Wildman–Crippen MR) is 74.7 cm³/mol. The highest BCUT2D eigenvalue weighted by molar-refractivity contribution is 5.79. The third kappa shape index (κ3) is 3.60. The number of furan rings is 1. The molecule has 0 aromatic carbocycles. The van der Waals surface area contributed by atoms with Crippen LogP contribution in [0.4, 0.5) is 0 Å². The molecular formula is C15H24N2O2. The van der Waals surface area contributed by atoms with Crippen LogP contribution in [0.15, 0.2) is 16.5 Å². The zero-order chi connectivity index (χ0) is 13.8. The highest BCUT2D eigenvalue weighted by atomic mass is 16.3. The third-order valence-corrected chi connectivity index (χ3v) is 3.67. The maximum atomic E-state index is 12.6. The summed E-state index contributed by atoms with van der Waals surface area (Å²) in [6.07, 6.45) is 2.08. The van der Waals surface area contributed by atoms with Crippen molar-refractivity contribution in [1.82, 2.24) is 10.2 Å². The molecule has 0 aliphatic carbocycles. The highest BCUT2D eigenvalue weighted by Gasteiger charge is 2.27. The first-order valence-corrected chi connectivity index (χ1v) is 7.14. The minimum Gasteiger partial charge on any atom is -0.464 e. The lowest BCUT2D eigenvalue weighted by Crippen LogP contribution is -2.45. The fourth-order valence-electron chi connectivity index (χ4n) is 2.55. The number of hydrogen-bond donors (Lipinski definition) is 1. The molecule has 1 aromatic rings. The quantitative estimate of drug-likeness (QED) is 0.907. The third-order valence-electron chi connectivity index (χ3n) is 3.67. The Balaban J connectivity index is 2.04. The van der Waals surface area contributed by atoms with Crippen LogP contribution >= 0.6 is 0 Å². The van der Waals surface area contributed by atoms with Gasteiger partial charge in [-0.3, -0.25) is 4.79 Å². The number of aryl methyl sites for hydroxylation is 1. The van der Waals surface area contributed by atoms with Crippen molar-refractivity contribution in [3.05, 3.63) is 23.7 Å². The minimum atomic E-state index is 0.118. The average Bonchev–Trinajstić information content (AvgIpc) is 2.81. The summed E-state index contributed by atoms with van der Waals surface area (Å²) in [5, 5.41) is 3.31. The zero-order valence-electron chi connectivity index (χ0n) is 12.1. The molecule has 2 heterocycles. The smallest absolute Gasteiger partial charge is 0.227 e. The molecular weight excluding hydrogens is 240 g/mol. The van der Waals surface area contributed by atoms with Crippen molar-refractivity contribution in [2.75, 3.05) is 13.1 Å². The van der Waals surface area contributed by atoms with E-state index < -0.39 is 0 Å². The molecule has 2 rings (SSSR count). The van der Waals surface area contributed by atoms with Crippen molar-refractivity contribution in [3.8, 4) is 0 Å². The summed E-state index contributed by atoms with van der Waals surface area (Å²) in [5.41, 5.74) is 0. The Kier molecular flexibility index (Phi) is 4.64. The van der Waals surface area contributed by atoms with Crippen LogP contribution in [-0.2, 0) is 11.3 Å². The molecule has 1 aliphatic heterocycles. The summed E-state index contributed by atoms with van der Waals surface area (Å²) in [7, 11) is 0. The number of amides is 1. The molecule has 0 saturated carbocycles. The van der Waals surface area contributed by atoms with E-state index in [9.17, 15) is 4.79 Å². The average molecular weight is 264 g/mol. The summed E-state index contributed by atoms with van der Waals surface area (Å²) < 4.78 is 5.59. The monoisotopic (exact) mass is 264 g/mol. The van der Waals surface area contributed by atoms with Gasteiger partial charge < -0.3 is 14.6 Å². The molecule has 1 N–H and O–H groups in total.